The molecule has 0 bridgehead atoms. The molecule has 0 aromatic heterocycles. The van der Waals surface area contributed by atoms with E-state index in [1.807, 2.05) is 0 Å². The molecule has 1 aromatic carbocycles. The molecule has 1 N–H and O–H groups in total. The van der Waals surface area contributed by atoms with Gasteiger partial charge in [0.05, 0.1) is 0 Å². The van der Waals surface area contributed by atoms with Crippen molar-refractivity contribution in [3.8, 4) is 11.5 Å². The number of rotatable bonds is 3. The van der Waals surface area contributed by atoms with Gasteiger partial charge in [0.2, 0.25) is 0 Å². The van der Waals surface area contributed by atoms with E-state index in [1.54, 1.807) is 6.92 Å². The van der Waals surface area contributed by atoms with Crippen molar-refractivity contribution in [1.82, 2.24) is 0 Å². The van der Waals surface area contributed by atoms with Crippen LogP contribution < -0.4 is 4.74 Å². The molecule has 0 spiro atoms. The Labute approximate surface area is 82.1 Å². The van der Waals surface area contributed by atoms with Crippen LogP contribution in [0.15, 0.2) is 24.3 Å². The topological polar surface area (TPSA) is 55.8 Å². The van der Waals surface area contributed by atoms with Crippen LogP contribution in [0, 0.1) is 0 Å². The molecule has 1 unspecified atom stereocenters. The van der Waals surface area contributed by atoms with Gasteiger partial charge < -0.3 is 14.6 Å². The SMILES string of the molecule is COC(C)C(=O)Oc1ccc(O)cc1. The molecule has 0 amide bonds. The van der Waals surface area contributed by atoms with E-state index in [2.05, 4.69) is 0 Å². The number of phenolic OH excluding ortho intramolecular Hbond substituents is 1. The Kier molecular flexibility index (Phi) is 3.48. The fourth-order valence-electron chi connectivity index (χ4n) is 0.810. The number of carbonyl (C=O) groups is 1. The van der Waals surface area contributed by atoms with E-state index in [1.165, 1.54) is 31.4 Å². The summed E-state index contributed by atoms with van der Waals surface area (Å²) in [4.78, 5) is 11.2. The lowest BCUT2D eigenvalue weighted by molar-refractivity contribution is -0.144. The molecule has 1 aromatic rings. The van der Waals surface area contributed by atoms with Gasteiger partial charge in [0, 0.05) is 7.11 Å². The molecule has 0 aliphatic rings. The van der Waals surface area contributed by atoms with Crippen molar-refractivity contribution in [2.24, 2.45) is 0 Å². The summed E-state index contributed by atoms with van der Waals surface area (Å²) in [6.45, 7) is 1.60. The third-order valence-corrected chi connectivity index (χ3v) is 1.74. The first-order valence-corrected chi connectivity index (χ1v) is 4.17. The van der Waals surface area contributed by atoms with Crippen molar-refractivity contribution in [3.63, 3.8) is 0 Å². The van der Waals surface area contributed by atoms with Gasteiger partial charge in [-0.1, -0.05) is 0 Å². The van der Waals surface area contributed by atoms with E-state index in [-0.39, 0.29) is 5.75 Å². The molecule has 4 heteroatoms. The van der Waals surface area contributed by atoms with Gasteiger partial charge in [-0.3, -0.25) is 0 Å². The zero-order valence-corrected chi connectivity index (χ0v) is 8.06. The van der Waals surface area contributed by atoms with Gasteiger partial charge in [-0.25, -0.2) is 4.79 Å². The summed E-state index contributed by atoms with van der Waals surface area (Å²) < 4.78 is 9.73. The number of ether oxygens (including phenoxy) is 2. The van der Waals surface area contributed by atoms with Gasteiger partial charge in [0.25, 0.3) is 0 Å². The summed E-state index contributed by atoms with van der Waals surface area (Å²) in [5, 5.41) is 8.98. The Morgan fingerprint density at radius 3 is 2.43 bits per heavy atom. The Morgan fingerprint density at radius 1 is 1.36 bits per heavy atom. The highest BCUT2D eigenvalue weighted by Gasteiger charge is 2.13. The highest BCUT2D eigenvalue weighted by molar-refractivity contribution is 5.76. The van der Waals surface area contributed by atoms with E-state index in [0.717, 1.165) is 0 Å². The van der Waals surface area contributed by atoms with E-state index in [9.17, 15) is 4.79 Å². The molecule has 0 fully saturated rings. The maximum Gasteiger partial charge on any atom is 0.340 e. The van der Waals surface area contributed by atoms with Crippen molar-refractivity contribution in [2.75, 3.05) is 7.11 Å². The Balaban J connectivity index is 2.60. The highest BCUT2D eigenvalue weighted by Crippen LogP contribution is 2.16. The second-order valence-corrected chi connectivity index (χ2v) is 2.79. The summed E-state index contributed by atoms with van der Waals surface area (Å²) in [7, 11) is 1.43. The molecule has 0 radical (unpaired) electrons. The van der Waals surface area contributed by atoms with Crippen LogP contribution >= 0.6 is 0 Å². The van der Waals surface area contributed by atoms with E-state index < -0.39 is 12.1 Å². The van der Waals surface area contributed by atoms with Crippen LogP contribution in [0.2, 0.25) is 0 Å². The molecule has 0 aliphatic heterocycles. The number of carbonyl (C=O) groups excluding carboxylic acids is 1. The number of benzene rings is 1. The first kappa shape index (κ1) is 10.5. The zero-order valence-electron chi connectivity index (χ0n) is 8.06. The second kappa shape index (κ2) is 4.62. The summed E-state index contributed by atoms with van der Waals surface area (Å²) >= 11 is 0. The first-order chi connectivity index (χ1) is 6.63. The summed E-state index contributed by atoms with van der Waals surface area (Å²) in [6.07, 6.45) is -0.594. The Bertz CT molecular complexity index is 304. The van der Waals surface area contributed by atoms with Gasteiger partial charge in [-0.2, -0.15) is 0 Å². The average Bonchev–Trinajstić information content (AvgIpc) is 2.20. The maximum absolute atomic E-state index is 11.2. The van der Waals surface area contributed by atoms with Gasteiger partial charge in [-0.15, -0.1) is 0 Å². The minimum Gasteiger partial charge on any atom is -0.508 e. The molecule has 0 saturated carbocycles. The van der Waals surface area contributed by atoms with Crippen LogP contribution in [0.1, 0.15) is 6.92 Å². The summed E-state index contributed by atoms with van der Waals surface area (Å²) in [5.74, 6) is 0.0551. The van der Waals surface area contributed by atoms with Crippen LogP contribution in [0.25, 0.3) is 0 Å². The average molecular weight is 196 g/mol. The molecule has 14 heavy (non-hydrogen) atoms. The fraction of sp³-hybridized carbons (Fsp3) is 0.300. The van der Waals surface area contributed by atoms with Gasteiger partial charge >= 0.3 is 5.97 Å². The van der Waals surface area contributed by atoms with Crippen LogP contribution in [-0.2, 0) is 9.53 Å². The minimum atomic E-state index is -0.594. The van der Waals surface area contributed by atoms with E-state index in [0.29, 0.717) is 5.75 Å². The smallest absolute Gasteiger partial charge is 0.340 e. The predicted octanol–water partition coefficient (Wildman–Crippen LogP) is 1.33. The van der Waals surface area contributed by atoms with E-state index in [4.69, 9.17) is 14.6 Å². The summed E-state index contributed by atoms with van der Waals surface area (Å²) in [6, 6.07) is 5.91. The molecular formula is C10H12O4. The van der Waals surface area contributed by atoms with Crippen molar-refractivity contribution in [2.45, 2.75) is 13.0 Å². The fourth-order valence-corrected chi connectivity index (χ4v) is 0.810. The first-order valence-electron chi connectivity index (χ1n) is 4.17. The molecule has 1 rings (SSSR count). The molecule has 4 nitrogen and oxygen atoms in total. The van der Waals surface area contributed by atoms with Crippen molar-refractivity contribution >= 4 is 5.97 Å². The molecular weight excluding hydrogens is 184 g/mol. The zero-order chi connectivity index (χ0) is 10.6. The number of phenols is 1. The Morgan fingerprint density at radius 2 is 1.93 bits per heavy atom. The van der Waals surface area contributed by atoms with Crippen LogP contribution in [0.5, 0.6) is 11.5 Å². The van der Waals surface area contributed by atoms with Gasteiger partial charge in [0.1, 0.15) is 11.5 Å². The molecule has 0 heterocycles. The van der Waals surface area contributed by atoms with E-state index >= 15 is 0 Å². The highest BCUT2D eigenvalue weighted by atomic mass is 16.6. The molecule has 0 aliphatic carbocycles. The quantitative estimate of drug-likeness (QED) is 0.585. The third kappa shape index (κ3) is 2.74. The lowest BCUT2D eigenvalue weighted by Gasteiger charge is -2.08. The normalized spacial score (nSPS) is 12.1. The van der Waals surface area contributed by atoms with Crippen LogP contribution in [-0.4, -0.2) is 24.3 Å². The lowest BCUT2D eigenvalue weighted by atomic mass is 10.3. The van der Waals surface area contributed by atoms with Gasteiger partial charge in [-0.05, 0) is 31.2 Å². The minimum absolute atomic E-state index is 0.129. The number of methoxy groups -OCH3 is 1. The maximum atomic E-state index is 11.2. The third-order valence-electron chi connectivity index (χ3n) is 1.74. The lowest BCUT2D eigenvalue weighted by Crippen LogP contribution is -2.24. The number of hydrogen-bond acceptors (Lipinski definition) is 4. The summed E-state index contributed by atoms with van der Waals surface area (Å²) in [5.41, 5.74) is 0. The van der Waals surface area contributed by atoms with Crippen molar-refractivity contribution < 1.29 is 19.4 Å². The van der Waals surface area contributed by atoms with Crippen molar-refractivity contribution in [3.05, 3.63) is 24.3 Å². The number of aromatic hydroxyl groups is 1. The molecule has 1 atom stereocenters. The van der Waals surface area contributed by atoms with Crippen molar-refractivity contribution in [1.29, 1.82) is 0 Å². The molecule has 0 saturated heterocycles. The number of esters is 1. The van der Waals surface area contributed by atoms with Crippen LogP contribution in [0.3, 0.4) is 0 Å². The largest absolute Gasteiger partial charge is 0.508 e. The Hall–Kier alpha value is -1.55. The molecule has 76 valence electrons. The second-order valence-electron chi connectivity index (χ2n) is 2.79. The predicted molar refractivity (Wildman–Crippen MR) is 50.2 cm³/mol. The monoisotopic (exact) mass is 196 g/mol. The number of hydrogen-bond donors (Lipinski definition) is 1. The van der Waals surface area contributed by atoms with Crippen LogP contribution in [0.4, 0.5) is 0 Å². The van der Waals surface area contributed by atoms with Gasteiger partial charge in [0.15, 0.2) is 6.10 Å². The standard InChI is InChI=1S/C10H12O4/c1-7(13-2)10(12)14-9-5-3-8(11)4-6-9/h3-7,11H,1-2H3.